The number of hydrogen-bond acceptors (Lipinski definition) is 3. The van der Waals surface area contributed by atoms with Crippen LogP contribution in [0.25, 0.3) is 0 Å². The number of benzene rings is 1. The highest BCUT2D eigenvalue weighted by molar-refractivity contribution is 5.74. The Hall–Kier alpha value is -2.27. The lowest BCUT2D eigenvalue weighted by atomic mass is 10.0. The summed E-state index contributed by atoms with van der Waals surface area (Å²) < 4.78 is 5.54. The maximum absolute atomic E-state index is 12.2. The van der Waals surface area contributed by atoms with Gasteiger partial charge < -0.3 is 20.0 Å². The molecule has 1 aromatic carbocycles. The van der Waals surface area contributed by atoms with Gasteiger partial charge in [0.25, 0.3) is 0 Å². The third kappa shape index (κ3) is 4.86. The minimum absolute atomic E-state index is 0.123. The smallest absolute Gasteiger partial charge is 0.315 e. The fourth-order valence-corrected chi connectivity index (χ4v) is 2.58. The first-order valence-electron chi connectivity index (χ1n) is 8.20. The van der Waals surface area contributed by atoms with Crippen LogP contribution >= 0.6 is 0 Å². The molecular weight excluding hydrogens is 302 g/mol. The van der Waals surface area contributed by atoms with Gasteiger partial charge in [0, 0.05) is 6.54 Å². The lowest BCUT2D eigenvalue weighted by Gasteiger charge is -2.25. The molecule has 1 aromatic heterocycles. The van der Waals surface area contributed by atoms with Crippen molar-refractivity contribution in [1.29, 1.82) is 0 Å². The number of rotatable bonds is 6. The van der Waals surface area contributed by atoms with Gasteiger partial charge in [-0.2, -0.15) is 0 Å². The van der Waals surface area contributed by atoms with Crippen LogP contribution in [0.5, 0.6) is 0 Å². The average Bonchev–Trinajstić information content (AvgIpc) is 2.95. The Kier molecular flexibility index (Phi) is 6.04. The molecule has 0 aliphatic carbocycles. The number of nitrogens with zero attached hydrogens (tertiary/aromatic N) is 1. The molecular formula is C19H27N3O2. The molecule has 0 aliphatic rings. The average molecular weight is 329 g/mol. The third-order valence-corrected chi connectivity index (χ3v) is 4.08. The summed E-state index contributed by atoms with van der Waals surface area (Å²) in [4.78, 5) is 14.3. The summed E-state index contributed by atoms with van der Waals surface area (Å²) in [6.45, 7) is 6.39. The van der Waals surface area contributed by atoms with Gasteiger partial charge in [-0.15, -0.1) is 0 Å². The van der Waals surface area contributed by atoms with E-state index < -0.39 is 0 Å². The molecule has 24 heavy (non-hydrogen) atoms. The Morgan fingerprint density at radius 1 is 1.12 bits per heavy atom. The molecule has 0 aliphatic heterocycles. The minimum Gasteiger partial charge on any atom is -0.464 e. The number of hydrogen-bond donors (Lipinski definition) is 2. The molecule has 2 atom stereocenters. The van der Waals surface area contributed by atoms with Crippen LogP contribution < -0.4 is 10.6 Å². The van der Waals surface area contributed by atoms with Crippen molar-refractivity contribution in [1.82, 2.24) is 15.5 Å². The Morgan fingerprint density at radius 2 is 1.79 bits per heavy atom. The number of aryl methyl sites for hydroxylation is 2. The summed E-state index contributed by atoms with van der Waals surface area (Å²) in [5.74, 6) is 1.59. The zero-order valence-electron chi connectivity index (χ0n) is 15.1. The van der Waals surface area contributed by atoms with Gasteiger partial charge in [0.1, 0.15) is 11.5 Å². The maximum Gasteiger partial charge on any atom is 0.315 e. The summed E-state index contributed by atoms with van der Waals surface area (Å²) in [7, 11) is 4.02. The largest absolute Gasteiger partial charge is 0.464 e. The van der Waals surface area contributed by atoms with Gasteiger partial charge in [0.15, 0.2) is 0 Å². The molecule has 0 radical (unpaired) electrons. The minimum atomic E-state index is -0.199. The van der Waals surface area contributed by atoms with Crippen LogP contribution in [-0.2, 0) is 0 Å². The van der Waals surface area contributed by atoms with Gasteiger partial charge in [0.2, 0.25) is 0 Å². The topological polar surface area (TPSA) is 57.5 Å². The number of likely N-dealkylation sites (N-methyl/N-ethyl adjacent to an activating group) is 1. The van der Waals surface area contributed by atoms with Crippen LogP contribution in [-0.4, -0.2) is 31.6 Å². The summed E-state index contributed by atoms with van der Waals surface area (Å²) in [5.41, 5.74) is 2.41. The quantitative estimate of drug-likeness (QED) is 0.852. The van der Waals surface area contributed by atoms with E-state index in [1.54, 1.807) is 0 Å². The summed E-state index contributed by atoms with van der Waals surface area (Å²) in [6.07, 6.45) is 0. The van der Waals surface area contributed by atoms with Gasteiger partial charge in [0.05, 0.1) is 12.1 Å². The molecule has 5 heteroatoms. The highest BCUT2D eigenvalue weighted by atomic mass is 16.3. The molecule has 1 heterocycles. The number of nitrogens with one attached hydrogen (secondary N) is 2. The van der Waals surface area contributed by atoms with E-state index >= 15 is 0 Å². The molecule has 130 valence electrons. The zero-order valence-corrected chi connectivity index (χ0v) is 15.1. The molecule has 2 rings (SSSR count). The van der Waals surface area contributed by atoms with E-state index in [1.807, 2.05) is 40.1 Å². The van der Waals surface area contributed by atoms with E-state index in [1.165, 1.54) is 11.1 Å². The Labute approximate surface area is 144 Å². The fraction of sp³-hybridized carbons (Fsp3) is 0.421. The van der Waals surface area contributed by atoms with E-state index in [4.69, 9.17) is 4.42 Å². The predicted molar refractivity (Wildman–Crippen MR) is 96.0 cm³/mol. The van der Waals surface area contributed by atoms with Crippen LogP contribution in [0.15, 0.2) is 40.8 Å². The monoisotopic (exact) mass is 329 g/mol. The van der Waals surface area contributed by atoms with Crippen LogP contribution in [0.4, 0.5) is 4.79 Å². The Bertz CT molecular complexity index is 662. The first-order valence-corrected chi connectivity index (χ1v) is 8.20. The molecule has 0 spiro atoms. The first-order chi connectivity index (χ1) is 11.4. The number of carbonyl (C=O) groups excluding carboxylic acids is 1. The van der Waals surface area contributed by atoms with Gasteiger partial charge in [-0.25, -0.2) is 4.79 Å². The van der Waals surface area contributed by atoms with E-state index in [0.717, 1.165) is 11.5 Å². The third-order valence-electron chi connectivity index (χ3n) is 4.08. The standard InChI is InChI=1S/C19H27N3O2/c1-13-6-9-16(10-7-13)17(22(4)5)12-20-19(23)21-15(3)18-11-8-14(2)24-18/h6-11,15,17H,12H2,1-5H3,(H2,20,21,23). The summed E-state index contributed by atoms with van der Waals surface area (Å²) >= 11 is 0. The molecule has 0 bridgehead atoms. The van der Waals surface area contributed by atoms with Gasteiger partial charge in [-0.3, -0.25) is 0 Å². The highest BCUT2D eigenvalue weighted by Gasteiger charge is 2.17. The van der Waals surface area contributed by atoms with Crippen molar-refractivity contribution in [3.8, 4) is 0 Å². The van der Waals surface area contributed by atoms with Crippen LogP contribution in [0.3, 0.4) is 0 Å². The van der Waals surface area contributed by atoms with E-state index in [-0.39, 0.29) is 18.1 Å². The number of amides is 2. The molecule has 5 nitrogen and oxygen atoms in total. The second kappa shape index (κ2) is 8.02. The van der Waals surface area contributed by atoms with E-state index in [2.05, 4.69) is 46.7 Å². The Morgan fingerprint density at radius 3 is 2.33 bits per heavy atom. The van der Waals surface area contributed by atoms with Crippen molar-refractivity contribution >= 4 is 6.03 Å². The first kappa shape index (κ1) is 18.1. The maximum atomic E-state index is 12.2. The highest BCUT2D eigenvalue weighted by Crippen LogP contribution is 2.18. The van der Waals surface area contributed by atoms with Gasteiger partial charge in [-0.05, 0) is 52.6 Å². The van der Waals surface area contributed by atoms with E-state index in [9.17, 15) is 4.79 Å². The van der Waals surface area contributed by atoms with Gasteiger partial charge >= 0.3 is 6.03 Å². The second-order valence-electron chi connectivity index (χ2n) is 6.41. The van der Waals surface area contributed by atoms with Crippen molar-refractivity contribution in [2.24, 2.45) is 0 Å². The molecule has 2 unspecified atom stereocenters. The fourth-order valence-electron chi connectivity index (χ4n) is 2.58. The van der Waals surface area contributed by atoms with Crippen LogP contribution in [0, 0.1) is 13.8 Å². The lowest BCUT2D eigenvalue weighted by molar-refractivity contribution is 0.228. The van der Waals surface area contributed by atoms with Crippen molar-refractivity contribution in [3.63, 3.8) is 0 Å². The van der Waals surface area contributed by atoms with E-state index in [0.29, 0.717) is 6.54 Å². The van der Waals surface area contributed by atoms with Crippen molar-refractivity contribution < 1.29 is 9.21 Å². The van der Waals surface area contributed by atoms with Crippen LogP contribution in [0.1, 0.15) is 41.7 Å². The molecule has 0 saturated heterocycles. The molecule has 0 fully saturated rings. The molecule has 0 saturated carbocycles. The van der Waals surface area contributed by atoms with Crippen LogP contribution in [0.2, 0.25) is 0 Å². The summed E-state index contributed by atoms with van der Waals surface area (Å²) in [6, 6.07) is 11.9. The van der Waals surface area contributed by atoms with Crippen molar-refractivity contribution in [2.45, 2.75) is 32.9 Å². The molecule has 2 aromatic rings. The van der Waals surface area contributed by atoms with Crippen molar-refractivity contribution in [3.05, 3.63) is 59.0 Å². The number of urea groups is 1. The zero-order chi connectivity index (χ0) is 17.7. The van der Waals surface area contributed by atoms with Crippen molar-refractivity contribution in [2.75, 3.05) is 20.6 Å². The summed E-state index contributed by atoms with van der Waals surface area (Å²) in [5, 5.41) is 5.85. The lowest BCUT2D eigenvalue weighted by Crippen LogP contribution is -2.41. The number of carbonyl (C=O) groups is 1. The van der Waals surface area contributed by atoms with Gasteiger partial charge in [-0.1, -0.05) is 29.8 Å². The molecule has 2 N–H and O–H groups in total. The number of furan rings is 1. The Balaban J connectivity index is 1.91. The molecule has 2 amide bonds. The second-order valence-corrected chi connectivity index (χ2v) is 6.41. The SMILES string of the molecule is Cc1ccc(C(CNC(=O)NC(C)c2ccc(C)o2)N(C)C)cc1. The normalized spacial score (nSPS) is 13.6. The predicted octanol–water partition coefficient (Wildman–Crippen LogP) is 3.56.